The fraction of sp³-hybridized carbons (Fsp3) is 0.688. The average molecular weight is 309 g/mol. The van der Waals surface area contributed by atoms with Crippen molar-refractivity contribution in [3.05, 3.63) is 22.8 Å². The van der Waals surface area contributed by atoms with E-state index in [2.05, 4.69) is 27.1 Å². The van der Waals surface area contributed by atoms with Crippen molar-refractivity contribution in [2.75, 3.05) is 51.6 Å². The summed E-state index contributed by atoms with van der Waals surface area (Å²) < 4.78 is 0. The number of rotatable bonds is 5. The fourth-order valence-electron chi connectivity index (χ4n) is 2.97. The van der Waals surface area contributed by atoms with Gasteiger partial charge in [-0.3, -0.25) is 0 Å². The molecular formula is C16H25ClN4. The first-order chi connectivity index (χ1) is 10.1. The van der Waals surface area contributed by atoms with E-state index in [0.717, 1.165) is 23.1 Å². The van der Waals surface area contributed by atoms with Crippen molar-refractivity contribution in [3.63, 3.8) is 0 Å². The maximum Gasteiger partial charge on any atom is 0.126 e. The highest BCUT2D eigenvalue weighted by Crippen LogP contribution is 2.46. The largest absolute Gasteiger partial charge is 0.369 e. The van der Waals surface area contributed by atoms with Crippen LogP contribution in [0.4, 0.5) is 5.82 Å². The Kier molecular flexibility index (Phi) is 4.38. The third-order valence-corrected chi connectivity index (χ3v) is 5.18. The van der Waals surface area contributed by atoms with Gasteiger partial charge in [-0.1, -0.05) is 11.6 Å². The van der Waals surface area contributed by atoms with Crippen molar-refractivity contribution < 1.29 is 0 Å². The molecule has 1 aliphatic carbocycles. The Bertz CT molecular complexity index is 493. The van der Waals surface area contributed by atoms with Crippen LogP contribution in [0.1, 0.15) is 18.5 Å². The number of hydrogen-bond acceptors (Lipinski definition) is 4. The maximum absolute atomic E-state index is 6.02. The molecule has 1 aromatic rings. The fourth-order valence-corrected chi connectivity index (χ4v) is 3.07. The van der Waals surface area contributed by atoms with Gasteiger partial charge in [0.05, 0.1) is 10.7 Å². The summed E-state index contributed by atoms with van der Waals surface area (Å²) in [7, 11) is 2.21. The normalized spacial score (nSPS) is 22.2. The number of hydrogen-bond donors (Lipinski definition) is 1. The molecular weight excluding hydrogens is 284 g/mol. The summed E-state index contributed by atoms with van der Waals surface area (Å²) in [6.07, 6.45) is 2.66. The number of aromatic nitrogens is 1. The second kappa shape index (κ2) is 6.11. The molecule has 2 aliphatic rings. The lowest BCUT2D eigenvalue weighted by atomic mass is 10.1. The first-order valence-electron chi connectivity index (χ1n) is 7.84. The van der Waals surface area contributed by atoms with Crippen molar-refractivity contribution in [3.8, 4) is 0 Å². The van der Waals surface area contributed by atoms with E-state index in [1.807, 2.05) is 19.1 Å². The molecule has 1 N–H and O–H groups in total. The minimum Gasteiger partial charge on any atom is -0.369 e. The Morgan fingerprint density at radius 2 is 1.95 bits per heavy atom. The summed E-state index contributed by atoms with van der Waals surface area (Å²) >= 11 is 6.02. The highest BCUT2D eigenvalue weighted by molar-refractivity contribution is 6.31. The summed E-state index contributed by atoms with van der Waals surface area (Å²) in [5.41, 5.74) is 1.36. The molecule has 0 radical (unpaired) electrons. The maximum atomic E-state index is 6.02. The van der Waals surface area contributed by atoms with E-state index < -0.39 is 0 Å². The van der Waals surface area contributed by atoms with E-state index >= 15 is 0 Å². The lowest BCUT2D eigenvalue weighted by molar-refractivity contribution is 0.133. The standard InChI is InChI=1S/C16H25ClN4/c1-13-14(17)3-4-15(19-13)18-11-16(5-6-16)12-21-9-7-20(2)8-10-21/h3-4H,5-12H2,1-2H3,(H,18,19). The third-order valence-electron chi connectivity index (χ3n) is 4.78. The summed E-state index contributed by atoms with van der Waals surface area (Å²) in [6, 6.07) is 3.90. The minimum atomic E-state index is 0.463. The molecule has 3 rings (SSSR count). The highest BCUT2D eigenvalue weighted by Gasteiger charge is 2.43. The first kappa shape index (κ1) is 15.1. The van der Waals surface area contributed by atoms with Gasteiger partial charge in [0.15, 0.2) is 0 Å². The first-order valence-corrected chi connectivity index (χ1v) is 8.22. The van der Waals surface area contributed by atoms with Crippen LogP contribution < -0.4 is 5.32 Å². The zero-order valence-electron chi connectivity index (χ0n) is 13.0. The number of aryl methyl sites for hydroxylation is 1. The van der Waals surface area contributed by atoms with Crippen LogP contribution in [0.25, 0.3) is 0 Å². The molecule has 0 unspecified atom stereocenters. The Morgan fingerprint density at radius 1 is 1.24 bits per heavy atom. The van der Waals surface area contributed by atoms with Crippen molar-refractivity contribution in [2.24, 2.45) is 5.41 Å². The van der Waals surface area contributed by atoms with Gasteiger partial charge in [0.2, 0.25) is 0 Å². The molecule has 0 atom stereocenters. The van der Waals surface area contributed by atoms with Crippen LogP contribution in [-0.2, 0) is 0 Å². The molecule has 1 saturated carbocycles. The number of halogens is 1. The van der Waals surface area contributed by atoms with Gasteiger partial charge in [-0.25, -0.2) is 4.98 Å². The van der Waals surface area contributed by atoms with Crippen LogP contribution >= 0.6 is 11.6 Å². The quantitative estimate of drug-likeness (QED) is 0.905. The van der Waals surface area contributed by atoms with Crippen LogP contribution in [0.3, 0.4) is 0 Å². The van der Waals surface area contributed by atoms with Gasteiger partial charge in [0.1, 0.15) is 5.82 Å². The molecule has 4 nitrogen and oxygen atoms in total. The van der Waals surface area contributed by atoms with Gasteiger partial charge in [0.25, 0.3) is 0 Å². The van der Waals surface area contributed by atoms with Gasteiger partial charge in [-0.05, 0) is 38.9 Å². The van der Waals surface area contributed by atoms with Crippen LogP contribution in [0.5, 0.6) is 0 Å². The van der Waals surface area contributed by atoms with Crippen LogP contribution in [0, 0.1) is 12.3 Å². The van der Waals surface area contributed by atoms with E-state index in [0.29, 0.717) is 5.41 Å². The lowest BCUT2D eigenvalue weighted by Crippen LogP contribution is -2.47. The lowest BCUT2D eigenvalue weighted by Gasteiger charge is -2.35. The summed E-state index contributed by atoms with van der Waals surface area (Å²) in [4.78, 5) is 9.53. The SMILES string of the molecule is Cc1nc(NCC2(CN3CCN(C)CC3)CC2)ccc1Cl. The van der Waals surface area contributed by atoms with Crippen molar-refractivity contribution in [1.82, 2.24) is 14.8 Å². The van der Waals surface area contributed by atoms with E-state index in [-0.39, 0.29) is 0 Å². The molecule has 0 amide bonds. The van der Waals surface area contributed by atoms with Crippen LogP contribution in [0.2, 0.25) is 5.02 Å². The van der Waals surface area contributed by atoms with E-state index in [4.69, 9.17) is 11.6 Å². The highest BCUT2D eigenvalue weighted by atomic mass is 35.5. The second-order valence-corrected chi connectivity index (χ2v) is 7.10. The molecule has 21 heavy (non-hydrogen) atoms. The molecule has 1 saturated heterocycles. The topological polar surface area (TPSA) is 31.4 Å². The number of likely N-dealkylation sites (N-methyl/N-ethyl adjacent to an activating group) is 1. The van der Waals surface area contributed by atoms with Crippen molar-refractivity contribution in [1.29, 1.82) is 0 Å². The monoisotopic (exact) mass is 308 g/mol. The van der Waals surface area contributed by atoms with Crippen molar-refractivity contribution in [2.45, 2.75) is 19.8 Å². The van der Waals surface area contributed by atoms with Crippen molar-refractivity contribution >= 4 is 17.4 Å². The molecule has 2 fully saturated rings. The molecule has 0 bridgehead atoms. The van der Waals surface area contributed by atoms with Crippen LogP contribution in [0.15, 0.2) is 12.1 Å². The summed E-state index contributed by atoms with van der Waals surface area (Å²) in [5, 5.41) is 4.24. The number of piperazine rings is 1. The zero-order chi connectivity index (χ0) is 14.9. The van der Waals surface area contributed by atoms with Gasteiger partial charge < -0.3 is 15.1 Å². The van der Waals surface area contributed by atoms with Gasteiger partial charge in [-0.2, -0.15) is 0 Å². The van der Waals surface area contributed by atoms with Crippen LogP contribution in [-0.4, -0.2) is 61.1 Å². The Labute approximate surface area is 132 Å². The Balaban J connectivity index is 1.51. The molecule has 116 valence electrons. The van der Waals surface area contributed by atoms with Gasteiger partial charge >= 0.3 is 0 Å². The Hall–Kier alpha value is -0.840. The number of nitrogens with zero attached hydrogens (tertiary/aromatic N) is 3. The predicted octanol–water partition coefficient (Wildman–Crippen LogP) is 2.48. The molecule has 1 aliphatic heterocycles. The molecule has 0 aromatic carbocycles. The molecule has 0 spiro atoms. The summed E-state index contributed by atoms with van der Waals surface area (Å²) in [5.74, 6) is 0.946. The van der Waals surface area contributed by atoms with Gasteiger partial charge in [-0.15, -0.1) is 0 Å². The van der Waals surface area contributed by atoms with E-state index in [1.165, 1.54) is 45.6 Å². The number of pyridine rings is 1. The van der Waals surface area contributed by atoms with Gasteiger partial charge in [0, 0.05) is 44.7 Å². The molecule has 5 heteroatoms. The molecule has 2 heterocycles. The minimum absolute atomic E-state index is 0.463. The van der Waals surface area contributed by atoms with E-state index in [9.17, 15) is 0 Å². The zero-order valence-corrected chi connectivity index (χ0v) is 13.8. The second-order valence-electron chi connectivity index (χ2n) is 6.70. The molecule has 1 aromatic heterocycles. The number of nitrogens with one attached hydrogen (secondary N) is 1. The smallest absolute Gasteiger partial charge is 0.126 e. The summed E-state index contributed by atoms with van der Waals surface area (Å²) in [6.45, 7) is 8.99. The Morgan fingerprint density at radius 3 is 2.57 bits per heavy atom. The van der Waals surface area contributed by atoms with E-state index in [1.54, 1.807) is 0 Å². The number of anilines is 1. The average Bonchev–Trinajstić information content (AvgIpc) is 3.23. The predicted molar refractivity (Wildman–Crippen MR) is 88.1 cm³/mol. The third kappa shape index (κ3) is 3.87.